The summed E-state index contributed by atoms with van der Waals surface area (Å²) in [5, 5.41) is 6.47. The van der Waals surface area contributed by atoms with Crippen molar-refractivity contribution in [2.24, 2.45) is 0 Å². The molecule has 2 unspecified atom stereocenters. The maximum atomic E-state index is 13.2. The first-order valence-electron chi connectivity index (χ1n) is 12.9. The molecule has 3 aromatic rings. The lowest BCUT2D eigenvalue weighted by atomic mass is 9.98. The van der Waals surface area contributed by atoms with Gasteiger partial charge in [-0.1, -0.05) is 61.8 Å². The summed E-state index contributed by atoms with van der Waals surface area (Å²) in [5.74, 6) is 1.16. The molecule has 38 heavy (non-hydrogen) atoms. The number of amides is 2. The molecule has 0 radical (unpaired) electrons. The Balaban J connectivity index is 1.41. The minimum Gasteiger partial charge on any atom is -0.611 e. The molecule has 0 saturated heterocycles. The van der Waals surface area contributed by atoms with Crippen LogP contribution >= 0.6 is 11.6 Å². The molecule has 0 aromatic heterocycles. The van der Waals surface area contributed by atoms with Gasteiger partial charge in [-0.15, -0.1) is 0 Å². The maximum Gasteiger partial charge on any atom is 0.319 e. The van der Waals surface area contributed by atoms with Crippen molar-refractivity contribution in [3.63, 3.8) is 0 Å². The first kappa shape index (κ1) is 28.3. The predicted octanol–water partition coefficient (Wildman–Crippen LogP) is 6.65. The van der Waals surface area contributed by atoms with Gasteiger partial charge in [0.05, 0.1) is 18.8 Å². The number of carbonyl (C=O) groups excluding carboxylic acids is 1. The molecule has 2 N–H and O–H groups in total. The molecule has 3 aromatic carbocycles. The third kappa shape index (κ3) is 6.64. The molecule has 0 aliphatic carbocycles. The van der Waals surface area contributed by atoms with Crippen LogP contribution in [0.25, 0.3) is 0 Å². The smallest absolute Gasteiger partial charge is 0.319 e. The highest BCUT2D eigenvalue weighted by atomic mass is 35.5. The summed E-state index contributed by atoms with van der Waals surface area (Å²) in [6.45, 7) is 8.06. The van der Waals surface area contributed by atoms with Crippen molar-refractivity contribution in [3.05, 3.63) is 87.4 Å². The van der Waals surface area contributed by atoms with Crippen molar-refractivity contribution >= 4 is 34.5 Å². The summed E-state index contributed by atoms with van der Waals surface area (Å²) in [4.78, 5) is 15.8. The summed E-state index contributed by atoms with van der Waals surface area (Å²) < 4.78 is 18.7. The Morgan fingerprint density at radius 3 is 2.61 bits per heavy atom. The number of fused-ring (bicyclic) bond motifs is 1. The van der Waals surface area contributed by atoms with Crippen LogP contribution in [-0.2, 0) is 29.9 Å². The SMILES string of the molecule is COc1cc([S+]([O-])Cc2ccc3c(c2)CCN(C)C3)ccc1NC(=O)NC(C)c1cccc(C(C)C)c1Cl. The minimum atomic E-state index is -1.25. The van der Waals surface area contributed by atoms with E-state index in [1.165, 1.54) is 18.2 Å². The van der Waals surface area contributed by atoms with Gasteiger partial charge in [0.1, 0.15) is 11.5 Å². The average molecular weight is 554 g/mol. The monoisotopic (exact) mass is 553 g/mol. The molecule has 0 spiro atoms. The number of benzene rings is 3. The van der Waals surface area contributed by atoms with Gasteiger partial charge in [0.25, 0.3) is 0 Å². The number of likely N-dealkylation sites (N-methyl/N-ethyl adjacent to an activating group) is 1. The van der Waals surface area contributed by atoms with Crippen LogP contribution in [0.4, 0.5) is 10.5 Å². The molecule has 2 atom stereocenters. The van der Waals surface area contributed by atoms with E-state index in [0.717, 1.165) is 36.2 Å². The van der Waals surface area contributed by atoms with Gasteiger partial charge >= 0.3 is 6.03 Å². The number of carbonyl (C=O) groups is 1. The Bertz CT molecular complexity index is 1300. The molecular weight excluding hydrogens is 518 g/mol. The number of methoxy groups -OCH3 is 1. The largest absolute Gasteiger partial charge is 0.611 e. The summed E-state index contributed by atoms with van der Waals surface area (Å²) in [5.41, 5.74) is 6.14. The highest BCUT2D eigenvalue weighted by molar-refractivity contribution is 7.90. The van der Waals surface area contributed by atoms with E-state index in [1.54, 1.807) is 18.2 Å². The van der Waals surface area contributed by atoms with Crippen molar-refractivity contribution in [2.45, 2.75) is 56.3 Å². The second-order valence-corrected chi connectivity index (χ2v) is 12.0. The number of hydrogen-bond acceptors (Lipinski definition) is 4. The number of rotatable bonds is 8. The fraction of sp³-hybridized carbons (Fsp3) is 0.367. The van der Waals surface area contributed by atoms with Crippen LogP contribution in [0.1, 0.15) is 60.5 Å². The first-order valence-corrected chi connectivity index (χ1v) is 14.6. The second-order valence-electron chi connectivity index (χ2n) is 10.2. The number of urea groups is 1. The summed E-state index contributed by atoms with van der Waals surface area (Å²) >= 11 is 5.36. The van der Waals surface area contributed by atoms with Crippen LogP contribution in [0.5, 0.6) is 5.75 Å². The topological polar surface area (TPSA) is 76.7 Å². The molecule has 0 fully saturated rings. The highest BCUT2D eigenvalue weighted by Gasteiger charge is 2.20. The Hall–Kier alpha value is -2.71. The quantitative estimate of drug-likeness (QED) is 0.306. The minimum absolute atomic E-state index is 0.283. The number of ether oxygens (including phenoxy) is 1. The van der Waals surface area contributed by atoms with Crippen molar-refractivity contribution < 1.29 is 14.1 Å². The molecule has 1 aliphatic heterocycles. The molecular formula is C30H36ClN3O3S. The molecule has 2 amide bonds. The molecule has 1 heterocycles. The van der Waals surface area contributed by atoms with E-state index in [0.29, 0.717) is 27.1 Å². The summed E-state index contributed by atoms with van der Waals surface area (Å²) in [6.07, 6.45) is 1.01. The van der Waals surface area contributed by atoms with Crippen molar-refractivity contribution in [3.8, 4) is 5.75 Å². The number of anilines is 1. The molecule has 202 valence electrons. The molecule has 6 nitrogen and oxygen atoms in total. The third-order valence-corrected chi connectivity index (χ3v) is 8.76. The van der Waals surface area contributed by atoms with Crippen LogP contribution in [0.3, 0.4) is 0 Å². The number of halogens is 1. The fourth-order valence-electron chi connectivity index (χ4n) is 4.77. The molecule has 8 heteroatoms. The standard InChI is InChI=1S/C30H36ClN3O3S/c1-19(2)25-7-6-8-26(29(25)31)20(3)32-30(35)33-27-12-11-24(16-28(27)37-5)38(36)18-21-9-10-23-17-34(4)14-13-22(23)15-21/h6-12,15-16,19-20H,13-14,17-18H2,1-5H3,(H2,32,33,35). The maximum absolute atomic E-state index is 13.2. The van der Waals surface area contributed by atoms with Crippen molar-refractivity contribution in [1.82, 2.24) is 10.2 Å². The van der Waals surface area contributed by atoms with E-state index in [1.807, 2.05) is 25.1 Å². The zero-order valence-electron chi connectivity index (χ0n) is 22.6. The predicted molar refractivity (Wildman–Crippen MR) is 156 cm³/mol. The Morgan fingerprint density at radius 2 is 1.87 bits per heavy atom. The van der Waals surface area contributed by atoms with Gasteiger partial charge in [-0.3, -0.25) is 0 Å². The van der Waals surface area contributed by atoms with E-state index in [4.69, 9.17) is 16.3 Å². The lowest BCUT2D eigenvalue weighted by Gasteiger charge is -2.25. The Labute approximate surface area is 233 Å². The third-order valence-electron chi connectivity index (χ3n) is 6.95. The van der Waals surface area contributed by atoms with Gasteiger partial charge in [0.15, 0.2) is 4.90 Å². The van der Waals surface area contributed by atoms with Gasteiger partial charge in [0.2, 0.25) is 0 Å². The summed E-state index contributed by atoms with van der Waals surface area (Å²) in [7, 11) is 3.66. The van der Waals surface area contributed by atoms with Gasteiger partial charge in [-0.25, -0.2) is 4.79 Å². The van der Waals surface area contributed by atoms with Crippen LogP contribution in [0, 0.1) is 0 Å². The molecule has 0 saturated carbocycles. The van der Waals surface area contributed by atoms with E-state index < -0.39 is 11.2 Å². The van der Waals surface area contributed by atoms with E-state index in [-0.39, 0.29) is 18.0 Å². The fourth-order valence-corrected chi connectivity index (χ4v) is 6.39. The van der Waals surface area contributed by atoms with Crippen LogP contribution in [0.15, 0.2) is 59.5 Å². The highest BCUT2D eigenvalue weighted by Crippen LogP contribution is 2.32. The zero-order valence-corrected chi connectivity index (χ0v) is 24.2. The van der Waals surface area contributed by atoms with E-state index >= 15 is 0 Å². The number of nitrogens with one attached hydrogen (secondary N) is 2. The van der Waals surface area contributed by atoms with E-state index in [2.05, 4.69) is 54.6 Å². The van der Waals surface area contributed by atoms with Crippen LogP contribution in [0.2, 0.25) is 5.02 Å². The normalized spacial score (nSPS) is 15.1. The molecule has 4 rings (SSSR count). The molecule has 1 aliphatic rings. The first-order chi connectivity index (χ1) is 18.2. The average Bonchev–Trinajstić information content (AvgIpc) is 2.88. The lowest BCUT2D eigenvalue weighted by molar-refractivity contribution is 0.249. The summed E-state index contributed by atoms with van der Waals surface area (Å²) in [6, 6.07) is 16.8. The van der Waals surface area contributed by atoms with Gasteiger partial charge in [-0.2, -0.15) is 0 Å². The molecule has 0 bridgehead atoms. The van der Waals surface area contributed by atoms with Crippen LogP contribution in [-0.4, -0.2) is 36.2 Å². The number of nitrogens with zero attached hydrogens (tertiary/aromatic N) is 1. The lowest BCUT2D eigenvalue weighted by Crippen LogP contribution is -2.31. The van der Waals surface area contributed by atoms with Crippen LogP contribution < -0.4 is 15.4 Å². The second kappa shape index (κ2) is 12.4. The zero-order chi connectivity index (χ0) is 27.4. The Morgan fingerprint density at radius 1 is 1.11 bits per heavy atom. The van der Waals surface area contributed by atoms with E-state index in [9.17, 15) is 9.35 Å². The van der Waals surface area contributed by atoms with Crippen molar-refractivity contribution in [1.29, 1.82) is 0 Å². The Kier molecular flexibility index (Phi) is 9.26. The number of hydrogen-bond donors (Lipinski definition) is 2. The van der Waals surface area contributed by atoms with Crippen molar-refractivity contribution in [2.75, 3.05) is 26.0 Å². The van der Waals surface area contributed by atoms with Gasteiger partial charge in [0, 0.05) is 29.7 Å². The van der Waals surface area contributed by atoms with Gasteiger partial charge in [-0.05, 0) is 71.9 Å². The van der Waals surface area contributed by atoms with Gasteiger partial charge < -0.3 is 24.8 Å².